The number of carbonyl (C=O) groups is 2. The van der Waals surface area contributed by atoms with E-state index in [1.807, 2.05) is 12.2 Å². The second kappa shape index (κ2) is 5.21. The van der Waals surface area contributed by atoms with Crippen LogP contribution in [0.25, 0.3) is 0 Å². The summed E-state index contributed by atoms with van der Waals surface area (Å²) in [6, 6.07) is 5.12. The predicted octanol–water partition coefficient (Wildman–Crippen LogP) is 1.25. The van der Waals surface area contributed by atoms with Crippen LogP contribution < -0.4 is 21.1 Å². The van der Waals surface area contributed by atoms with E-state index in [0.717, 1.165) is 0 Å². The van der Waals surface area contributed by atoms with Crippen LogP contribution in [0.5, 0.6) is 5.75 Å². The molecule has 1 aromatic rings. The van der Waals surface area contributed by atoms with Crippen LogP contribution in [0.15, 0.2) is 30.4 Å². The standard InChI is InChI=1S/C15H17N3O3/c1-8-14(19)18-12-7-11(4-5-13(12)21-8)17-15(20)9-2-3-10(16)6-9/h2-5,7-10H,6,16H2,1H3,(H,17,20)(H,18,19). The highest BCUT2D eigenvalue weighted by atomic mass is 16.5. The number of hydrogen-bond donors (Lipinski definition) is 3. The second-order valence-corrected chi connectivity index (χ2v) is 5.34. The summed E-state index contributed by atoms with van der Waals surface area (Å²) in [4.78, 5) is 23.7. The van der Waals surface area contributed by atoms with Gasteiger partial charge in [-0.05, 0) is 31.5 Å². The van der Waals surface area contributed by atoms with E-state index in [1.165, 1.54) is 0 Å². The van der Waals surface area contributed by atoms with Gasteiger partial charge in [0.2, 0.25) is 5.91 Å². The molecule has 21 heavy (non-hydrogen) atoms. The van der Waals surface area contributed by atoms with Crippen LogP contribution in [0.3, 0.4) is 0 Å². The Morgan fingerprint density at radius 2 is 2.24 bits per heavy atom. The normalized spacial score (nSPS) is 26.8. The zero-order chi connectivity index (χ0) is 15.0. The van der Waals surface area contributed by atoms with E-state index >= 15 is 0 Å². The Hall–Kier alpha value is -2.34. The maximum atomic E-state index is 12.1. The Labute approximate surface area is 122 Å². The number of nitrogens with one attached hydrogen (secondary N) is 2. The molecule has 2 aliphatic rings. The Morgan fingerprint density at radius 1 is 1.43 bits per heavy atom. The molecule has 6 heteroatoms. The first-order valence-corrected chi connectivity index (χ1v) is 6.89. The Bertz CT molecular complexity index is 627. The molecule has 1 aromatic carbocycles. The first kappa shape index (κ1) is 13.6. The van der Waals surface area contributed by atoms with Gasteiger partial charge in [-0.25, -0.2) is 0 Å². The lowest BCUT2D eigenvalue weighted by molar-refractivity contribution is -0.122. The molecular formula is C15H17N3O3. The number of fused-ring (bicyclic) bond motifs is 1. The van der Waals surface area contributed by atoms with E-state index in [4.69, 9.17) is 10.5 Å². The molecule has 110 valence electrons. The Morgan fingerprint density at radius 3 is 2.95 bits per heavy atom. The van der Waals surface area contributed by atoms with E-state index in [9.17, 15) is 9.59 Å². The molecule has 0 fully saturated rings. The quantitative estimate of drug-likeness (QED) is 0.714. The molecule has 6 nitrogen and oxygen atoms in total. The third kappa shape index (κ3) is 2.75. The van der Waals surface area contributed by atoms with Crippen molar-refractivity contribution in [1.82, 2.24) is 0 Å². The van der Waals surface area contributed by atoms with Crippen LogP contribution in [-0.2, 0) is 9.59 Å². The summed E-state index contributed by atoms with van der Waals surface area (Å²) in [7, 11) is 0. The van der Waals surface area contributed by atoms with Gasteiger partial charge >= 0.3 is 0 Å². The summed E-state index contributed by atoms with van der Waals surface area (Å²) in [5.41, 5.74) is 6.93. The summed E-state index contributed by atoms with van der Waals surface area (Å²) >= 11 is 0. The summed E-state index contributed by atoms with van der Waals surface area (Å²) in [5.74, 6) is 0.0935. The number of anilines is 2. The van der Waals surface area contributed by atoms with E-state index in [1.54, 1.807) is 25.1 Å². The van der Waals surface area contributed by atoms with Gasteiger partial charge in [-0.15, -0.1) is 0 Å². The molecule has 1 aliphatic heterocycles. The molecule has 1 aliphatic carbocycles. The van der Waals surface area contributed by atoms with Gasteiger partial charge in [0, 0.05) is 11.7 Å². The van der Waals surface area contributed by atoms with Crippen molar-refractivity contribution in [3.8, 4) is 5.75 Å². The number of benzene rings is 1. The van der Waals surface area contributed by atoms with Crippen LogP contribution in [-0.4, -0.2) is 24.0 Å². The summed E-state index contributed by atoms with van der Waals surface area (Å²) in [5, 5.41) is 5.58. The van der Waals surface area contributed by atoms with Gasteiger partial charge in [0.15, 0.2) is 6.10 Å². The lowest BCUT2D eigenvalue weighted by atomic mass is 10.1. The number of carbonyl (C=O) groups excluding carboxylic acids is 2. The highest BCUT2D eigenvalue weighted by molar-refractivity contribution is 5.99. The van der Waals surface area contributed by atoms with Crippen molar-refractivity contribution in [3.05, 3.63) is 30.4 Å². The summed E-state index contributed by atoms with van der Waals surface area (Å²) < 4.78 is 5.47. The topological polar surface area (TPSA) is 93.4 Å². The maximum Gasteiger partial charge on any atom is 0.265 e. The van der Waals surface area contributed by atoms with Crippen molar-refractivity contribution in [1.29, 1.82) is 0 Å². The van der Waals surface area contributed by atoms with Crippen LogP contribution in [0.2, 0.25) is 0 Å². The molecule has 0 saturated heterocycles. The summed E-state index contributed by atoms with van der Waals surface area (Å²) in [6.07, 6.45) is 3.77. The van der Waals surface area contributed by atoms with Gasteiger partial charge in [0.05, 0.1) is 11.6 Å². The molecule has 0 radical (unpaired) electrons. The van der Waals surface area contributed by atoms with Crippen molar-refractivity contribution in [2.45, 2.75) is 25.5 Å². The fourth-order valence-electron chi connectivity index (χ4n) is 2.44. The zero-order valence-corrected chi connectivity index (χ0v) is 11.6. The van der Waals surface area contributed by atoms with Crippen LogP contribution >= 0.6 is 0 Å². The first-order valence-electron chi connectivity index (χ1n) is 6.89. The van der Waals surface area contributed by atoms with Crippen molar-refractivity contribution >= 4 is 23.2 Å². The second-order valence-electron chi connectivity index (χ2n) is 5.34. The monoisotopic (exact) mass is 287 g/mol. The number of rotatable bonds is 2. The predicted molar refractivity (Wildman–Crippen MR) is 79.0 cm³/mol. The van der Waals surface area contributed by atoms with Crippen molar-refractivity contribution in [2.24, 2.45) is 11.7 Å². The minimum atomic E-state index is -0.511. The van der Waals surface area contributed by atoms with Crippen LogP contribution in [0, 0.1) is 5.92 Å². The van der Waals surface area contributed by atoms with Gasteiger partial charge in [0.25, 0.3) is 5.91 Å². The first-order chi connectivity index (χ1) is 10.0. The Balaban J connectivity index is 1.73. The maximum absolute atomic E-state index is 12.1. The van der Waals surface area contributed by atoms with Crippen LogP contribution in [0.1, 0.15) is 13.3 Å². The molecule has 2 amide bonds. The number of hydrogen-bond acceptors (Lipinski definition) is 4. The van der Waals surface area contributed by atoms with Crippen molar-refractivity contribution in [3.63, 3.8) is 0 Å². The number of nitrogens with two attached hydrogens (primary N) is 1. The van der Waals surface area contributed by atoms with Crippen molar-refractivity contribution < 1.29 is 14.3 Å². The third-order valence-corrected chi connectivity index (χ3v) is 3.63. The molecule has 0 aromatic heterocycles. The van der Waals surface area contributed by atoms with E-state index in [-0.39, 0.29) is 23.8 Å². The molecule has 0 saturated carbocycles. The van der Waals surface area contributed by atoms with E-state index in [0.29, 0.717) is 23.5 Å². The van der Waals surface area contributed by atoms with Crippen molar-refractivity contribution in [2.75, 3.05) is 10.6 Å². The summed E-state index contributed by atoms with van der Waals surface area (Å²) in [6.45, 7) is 1.68. The van der Waals surface area contributed by atoms with Gasteiger partial charge < -0.3 is 21.1 Å². The fraction of sp³-hybridized carbons (Fsp3) is 0.333. The average molecular weight is 287 g/mol. The molecule has 1 heterocycles. The minimum Gasteiger partial charge on any atom is -0.479 e. The molecule has 3 rings (SSSR count). The highest BCUT2D eigenvalue weighted by Crippen LogP contribution is 2.32. The molecule has 4 N–H and O–H groups in total. The largest absolute Gasteiger partial charge is 0.479 e. The number of ether oxygens (including phenoxy) is 1. The van der Waals surface area contributed by atoms with Gasteiger partial charge in [0.1, 0.15) is 5.75 Å². The van der Waals surface area contributed by atoms with Gasteiger partial charge in [-0.1, -0.05) is 12.2 Å². The zero-order valence-electron chi connectivity index (χ0n) is 11.6. The highest BCUT2D eigenvalue weighted by Gasteiger charge is 2.25. The molecule has 3 unspecified atom stereocenters. The molecular weight excluding hydrogens is 270 g/mol. The smallest absolute Gasteiger partial charge is 0.265 e. The minimum absolute atomic E-state index is 0.0570. The van der Waals surface area contributed by atoms with E-state index < -0.39 is 6.10 Å². The third-order valence-electron chi connectivity index (χ3n) is 3.63. The fourth-order valence-corrected chi connectivity index (χ4v) is 2.44. The molecule has 0 spiro atoms. The Kier molecular flexibility index (Phi) is 3.39. The van der Waals surface area contributed by atoms with Gasteiger partial charge in [-0.2, -0.15) is 0 Å². The van der Waals surface area contributed by atoms with Crippen LogP contribution in [0.4, 0.5) is 11.4 Å². The number of amides is 2. The van der Waals surface area contributed by atoms with E-state index in [2.05, 4.69) is 10.6 Å². The average Bonchev–Trinajstić information content (AvgIpc) is 2.87. The van der Waals surface area contributed by atoms with Gasteiger partial charge in [-0.3, -0.25) is 9.59 Å². The molecule has 0 bridgehead atoms. The lowest BCUT2D eigenvalue weighted by Crippen LogP contribution is -2.34. The lowest BCUT2D eigenvalue weighted by Gasteiger charge is -2.23. The molecule has 3 atom stereocenters. The SMILES string of the molecule is CC1Oc2ccc(NC(=O)C3C=CC(N)C3)cc2NC1=O.